The molecule has 7 heteroatoms. The number of benzene rings is 2. The van der Waals surface area contributed by atoms with Gasteiger partial charge < -0.3 is 15.0 Å². The van der Waals surface area contributed by atoms with Crippen LogP contribution < -0.4 is 15.4 Å². The van der Waals surface area contributed by atoms with Crippen LogP contribution in [0.1, 0.15) is 34.1 Å². The maximum absolute atomic E-state index is 12.4. The van der Waals surface area contributed by atoms with Crippen LogP contribution in [-0.4, -0.2) is 42.5 Å². The molecule has 2 rings (SSSR count). The van der Waals surface area contributed by atoms with E-state index in [0.717, 1.165) is 6.42 Å². The molecule has 0 radical (unpaired) electrons. The summed E-state index contributed by atoms with van der Waals surface area (Å²) in [5.41, 5.74) is 1.59. The summed E-state index contributed by atoms with van der Waals surface area (Å²) < 4.78 is 5.54. The van der Waals surface area contributed by atoms with Crippen LogP contribution in [0.2, 0.25) is 0 Å². The molecule has 0 spiro atoms. The average Bonchev–Trinajstić information content (AvgIpc) is 2.66. The standard InChI is InChI=1S/C20H23N3O3S/c1-4-11-26-17-10-6-7-14(13-17)18(24)22-20(27)21-16-9-5-8-15(12-16)19(25)23(2)3/h5-10,12-13H,4,11H2,1-3H3,(H2,21,22,24,27). The van der Waals surface area contributed by atoms with Gasteiger partial charge in [0.05, 0.1) is 6.61 Å². The molecule has 0 saturated carbocycles. The van der Waals surface area contributed by atoms with Crippen molar-refractivity contribution in [1.82, 2.24) is 10.2 Å². The summed E-state index contributed by atoms with van der Waals surface area (Å²) in [6.07, 6.45) is 0.889. The monoisotopic (exact) mass is 385 g/mol. The Morgan fingerprint density at radius 1 is 1.07 bits per heavy atom. The Bertz CT molecular complexity index is 837. The number of nitrogens with one attached hydrogen (secondary N) is 2. The van der Waals surface area contributed by atoms with Crippen molar-refractivity contribution < 1.29 is 14.3 Å². The lowest BCUT2D eigenvalue weighted by Crippen LogP contribution is -2.34. The topological polar surface area (TPSA) is 70.7 Å². The third-order valence-corrected chi connectivity index (χ3v) is 3.77. The maximum atomic E-state index is 12.4. The number of hydrogen-bond donors (Lipinski definition) is 2. The zero-order valence-electron chi connectivity index (χ0n) is 15.6. The molecule has 0 saturated heterocycles. The highest BCUT2D eigenvalue weighted by atomic mass is 32.1. The fourth-order valence-electron chi connectivity index (χ4n) is 2.27. The Balaban J connectivity index is 2.00. The summed E-state index contributed by atoms with van der Waals surface area (Å²) in [5.74, 6) is 0.186. The van der Waals surface area contributed by atoms with Crippen molar-refractivity contribution in [2.75, 3.05) is 26.0 Å². The van der Waals surface area contributed by atoms with E-state index in [-0.39, 0.29) is 16.9 Å². The van der Waals surface area contributed by atoms with Gasteiger partial charge in [0, 0.05) is 30.9 Å². The average molecular weight is 385 g/mol. The third kappa shape index (κ3) is 6.07. The van der Waals surface area contributed by atoms with Gasteiger partial charge in [0.1, 0.15) is 5.75 Å². The molecular formula is C20H23N3O3S. The number of thiocarbonyl (C=S) groups is 1. The van der Waals surface area contributed by atoms with Gasteiger partial charge in [-0.2, -0.15) is 0 Å². The van der Waals surface area contributed by atoms with Gasteiger partial charge in [-0.1, -0.05) is 19.1 Å². The summed E-state index contributed by atoms with van der Waals surface area (Å²) >= 11 is 5.21. The van der Waals surface area contributed by atoms with E-state index in [1.54, 1.807) is 62.6 Å². The zero-order valence-corrected chi connectivity index (χ0v) is 16.4. The first kappa shape index (κ1) is 20.4. The number of rotatable bonds is 6. The highest BCUT2D eigenvalue weighted by Crippen LogP contribution is 2.14. The first-order valence-electron chi connectivity index (χ1n) is 8.57. The fraction of sp³-hybridized carbons (Fsp3) is 0.250. The van der Waals surface area contributed by atoms with Crippen LogP contribution in [0.5, 0.6) is 5.75 Å². The van der Waals surface area contributed by atoms with Crippen molar-refractivity contribution in [2.24, 2.45) is 0 Å². The molecule has 0 bridgehead atoms. The molecule has 0 aromatic heterocycles. The summed E-state index contributed by atoms with van der Waals surface area (Å²) in [7, 11) is 3.37. The molecule has 27 heavy (non-hydrogen) atoms. The van der Waals surface area contributed by atoms with Crippen molar-refractivity contribution in [2.45, 2.75) is 13.3 Å². The summed E-state index contributed by atoms with van der Waals surface area (Å²) in [6.45, 7) is 2.61. The summed E-state index contributed by atoms with van der Waals surface area (Å²) in [6, 6.07) is 13.8. The molecule has 2 aromatic carbocycles. The van der Waals surface area contributed by atoms with Gasteiger partial charge in [-0.3, -0.25) is 14.9 Å². The quantitative estimate of drug-likeness (QED) is 0.747. The molecule has 0 aliphatic rings. The molecule has 2 amide bonds. The Labute approximate surface area is 164 Å². The van der Waals surface area contributed by atoms with E-state index in [0.29, 0.717) is 29.2 Å². The number of ether oxygens (including phenoxy) is 1. The second-order valence-electron chi connectivity index (χ2n) is 6.06. The second kappa shape index (κ2) is 9.68. The SMILES string of the molecule is CCCOc1cccc(C(=O)NC(=S)Nc2cccc(C(=O)N(C)C)c2)c1. The van der Waals surface area contributed by atoms with Gasteiger partial charge in [0.2, 0.25) is 0 Å². The summed E-state index contributed by atoms with van der Waals surface area (Å²) in [4.78, 5) is 25.9. The number of hydrogen-bond acceptors (Lipinski definition) is 4. The minimum Gasteiger partial charge on any atom is -0.494 e. The van der Waals surface area contributed by atoms with Crippen LogP contribution in [0, 0.1) is 0 Å². The van der Waals surface area contributed by atoms with Gasteiger partial charge >= 0.3 is 0 Å². The Hall–Kier alpha value is -2.93. The largest absolute Gasteiger partial charge is 0.494 e. The van der Waals surface area contributed by atoms with Gasteiger partial charge in [-0.05, 0) is 55.0 Å². The van der Waals surface area contributed by atoms with Crippen molar-refractivity contribution in [1.29, 1.82) is 0 Å². The first-order valence-corrected chi connectivity index (χ1v) is 8.98. The van der Waals surface area contributed by atoms with Gasteiger partial charge in [0.15, 0.2) is 5.11 Å². The van der Waals surface area contributed by atoms with Crippen LogP contribution in [0.3, 0.4) is 0 Å². The lowest BCUT2D eigenvalue weighted by atomic mass is 10.2. The van der Waals surface area contributed by atoms with E-state index in [1.165, 1.54) is 4.90 Å². The van der Waals surface area contributed by atoms with E-state index in [4.69, 9.17) is 17.0 Å². The highest BCUT2D eigenvalue weighted by molar-refractivity contribution is 7.80. The van der Waals surface area contributed by atoms with E-state index in [9.17, 15) is 9.59 Å². The first-order chi connectivity index (χ1) is 12.9. The van der Waals surface area contributed by atoms with Gasteiger partial charge in [-0.25, -0.2) is 0 Å². The van der Waals surface area contributed by atoms with Crippen molar-refractivity contribution in [3.63, 3.8) is 0 Å². The predicted molar refractivity (Wildman–Crippen MR) is 110 cm³/mol. The zero-order chi connectivity index (χ0) is 19.8. The molecule has 0 atom stereocenters. The van der Waals surface area contributed by atoms with Crippen LogP contribution in [-0.2, 0) is 0 Å². The summed E-state index contributed by atoms with van der Waals surface area (Å²) in [5, 5.41) is 5.70. The molecule has 0 fully saturated rings. The second-order valence-corrected chi connectivity index (χ2v) is 6.47. The van der Waals surface area contributed by atoms with Crippen molar-refractivity contribution in [3.05, 3.63) is 59.7 Å². The number of amides is 2. The molecule has 2 N–H and O–H groups in total. The van der Waals surface area contributed by atoms with E-state index >= 15 is 0 Å². The number of nitrogens with zero attached hydrogens (tertiary/aromatic N) is 1. The van der Waals surface area contributed by atoms with Crippen molar-refractivity contribution in [3.8, 4) is 5.75 Å². The van der Waals surface area contributed by atoms with Gasteiger partial charge in [-0.15, -0.1) is 0 Å². The van der Waals surface area contributed by atoms with Crippen molar-refractivity contribution >= 4 is 34.8 Å². The van der Waals surface area contributed by atoms with Crippen LogP contribution in [0.25, 0.3) is 0 Å². The number of anilines is 1. The lowest BCUT2D eigenvalue weighted by Gasteiger charge is -2.13. The molecule has 2 aromatic rings. The Morgan fingerprint density at radius 3 is 2.48 bits per heavy atom. The van der Waals surface area contributed by atoms with E-state index in [2.05, 4.69) is 10.6 Å². The molecule has 0 unspecified atom stereocenters. The van der Waals surface area contributed by atoms with Crippen LogP contribution in [0.15, 0.2) is 48.5 Å². The Morgan fingerprint density at radius 2 is 1.78 bits per heavy atom. The Kier molecular flexibility index (Phi) is 7.31. The molecule has 0 aliphatic heterocycles. The maximum Gasteiger partial charge on any atom is 0.257 e. The fourth-order valence-corrected chi connectivity index (χ4v) is 2.48. The highest BCUT2D eigenvalue weighted by Gasteiger charge is 2.11. The molecule has 0 heterocycles. The molecule has 142 valence electrons. The van der Waals surface area contributed by atoms with E-state index < -0.39 is 0 Å². The smallest absolute Gasteiger partial charge is 0.257 e. The normalized spacial score (nSPS) is 10.0. The minimum atomic E-state index is -0.338. The van der Waals surface area contributed by atoms with Gasteiger partial charge in [0.25, 0.3) is 11.8 Å². The third-order valence-electron chi connectivity index (χ3n) is 3.57. The lowest BCUT2D eigenvalue weighted by molar-refractivity contribution is 0.0827. The minimum absolute atomic E-state index is 0.113. The van der Waals surface area contributed by atoms with Crippen LogP contribution >= 0.6 is 12.2 Å². The van der Waals surface area contributed by atoms with Crippen LogP contribution in [0.4, 0.5) is 5.69 Å². The molecule has 6 nitrogen and oxygen atoms in total. The number of carbonyl (C=O) groups excluding carboxylic acids is 2. The molecular weight excluding hydrogens is 362 g/mol. The number of carbonyl (C=O) groups is 2. The molecule has 0 aliphatic carbocycles. The van der Waals surface area contributed by atoms with E-state index in [1.807, 2.05) is 6.92 Å². The predicted octanol–water partition coefficient (Wildman–Crippen LogP) is 3.30.